The third-order valence-electron chi connectivity index (χ3n) is 8.93. The first-order valence-electron chi connectivity index (χ1n) is 14.9. The Bertz CT molecular complexity index is 1420. The summed E-state index contributed by atoms with van der Waals surface area (Å²) >= 11 is 12.7. The van der Waals surface area contributed by atoms with Crippen LogP contribution >= 0.6 is 23.2 Å². The van der Waals surface area contributed by atoms with E-state index >= 15 is 0 Å². The number of aromatic nitrogens is 2. The van der Waals surface area contributed by atoms with Gasteiger partial charge in [-0.15, -0.1) is 0 Å². The number of amides is 2. The molecule has 1 aromatic heterocycles. The number of aliphatic imine (C=N–C) groups is 1. The van der Waals surface area contributed by atoms with Gasteiger partial charge in [0.1, 0.15) is 11.7 Å². The topological polar surface area (TPSA) is 70.9 Å². The number of carbonyl (C=O) groups is 1. The summed E-state index contributed by atoms with van der Waals surface area (Å²) in [5.74, 6) is 1.57. The maximum absolute atomic E-state index is 14.8. The summed E-state index contributed by atoms with van der Waals surface area (Å²) in [5, 5.41) is 1.34. The van der Waals surface area contributed by atoms with Crippen molar-refractivity contribution in [3.8, 4) is 5.88 Å². The number of nitrogens with zero attached hydrogens (tertiary/aromatic N) is 5. The molecular formula is C33H41Cl2N5O2. The molecule has 0 spiro atoms. The lowest BCUT2D eigenvalue weighted by Crippen LogP contribution is -2.61. The van der Waals surface area contributed by atoms with Crippen molar-refractivity contribution in [1.29, 1.82) is 0 Å². The van der Waals surface area contributed by atoms with Gasteiger partial charge in [-0.3, -0.25) is 9.89 Å². The van der Waals surface area contributed by atoms with E-state index in [0.717, 1.165) is 24.8 Å². The monoisotopic (exact) mass is 609 g/mol. The number of likely N-dealkylation sites (tertiary alicyclic amines) is 1. The standard InChI is InChI=1S/C33H41Cl2N5O2/c1-7-42-28-26(21-36-29(37-28)31(2,3)4)27-38-32(5,22-11-15-24(34)16-12-22)33(6,23-13-17-25(35)18-14-23)40(27)30(41)39-19-9-8-10-20-39/h11,13-18,21-22H,7-10,12,19-20H2,1-6H3/t22?,32-,33+/m0/s1. The van der Waals surface area contributed by atoms with Crippen molar-refractivity contribution in [2.75, 3.05) is 19.7 Å². The fourth-order valence-electron chi connectivity index (χ4n) is 6.28. The molecule has 3 atom stereocenters. The van der Waals surface area contributed by atoms with Crippen molar-refractivity contribution in [3.05, 3.63) is 75.7 Å². The van der Waals surface area contributed by atoms with E-state index in [1.807, 2.05) is 53.1 Å². The first-order valence-corrected chi connectivity index (χ1v) is 15.7. The van der Waals surface area contributed by atoms with Crippen molar-refractivity contribution in [1.82, 2.24) is 19.8 Å². The normalized spacial score (nSPS) is 26.2. The van der Waals surface area contributed by atoms with Crippen LogP contribution in [0.3, 0.4) is 0 Å². The minimum atomic E-state index is -0.889. The van der Waals surface area contributed by atoms with Gasteiger partial charge in [0.15, 0.2) is 0 Å². The lowest BCUT2D eigenvalue weighted by atomic mass is 9.66. The number of hydrogen-bond acceptors (Lipinski definition) is 5. The molecule has 1 aromatic carbocycles. The number of benzene rings is 1. The van der Waals surface area contributed by atoms with Crippen LogP contribution in [0.15, 0.2) is 58.7 Å². The maximum Gasteiger partial charge on any atom is 0.326 e. The highest BCUT2D eigenvalue weighted by Gasteiger charge is 2.62. The highest BCUT2D eigenvalue weighted by atomic mass is 35.5. The first kappa shape index (κ1) is 30.6. The fourth-order valence-corrected chi connectivity index (χ4v) is 6.57. The number of amidine groups is 1. The zero-order valence-corrected chi connectivity index (χ0v) is 27.0. The summed E-state index contributed by atoms with van der Waals surface area (Å²) in [6.45, 7) is 14.2. The van der Waals surface area contributed by atoms with Crippen LogP contribution in [0.4, 0.5) is 4.79 Å². The molecule has 1 fully saturated rings. The lowest BCUT2D eigenvalue weighted by molar-refractivity contribution is 0.0864. The first-order chi connectivity index (χ1) is 19.9. The number of urea groups is 1. The molecule has 0 bridgehead atoms. The molecule has 2 aliphatic heterocycles. The van der Waals surface area contributed by atoms with Crippen LogP contribution in [0, 0.1) is 5.92 Å². The summed E-state index contributed by atoms with van der Waals surface area (Å²) in [6, 6.07) is 7.70. The third kappa shape index (κ3) is 5.35. The van der Waals surface area contributed by atoms with Crippen molar-refractivity contribution in [3.63, 3.8) is 0 Å². The zero-order chi connectivity index (χ0) is 30.3. The Labute approximate surface area is 259 Å². The molecule has 9 heteroatoms. The summed E-state index contributed by atoms with van der Waals surface area (Å²) in [4.78, 5) is 33.7. The molecule has 5 rings (SSSR count). The molecule has 1 aliphatic carbocycles. The van der Waals surface area contributed by atoms with Crippen LogP contribution in [0.2, 0.25) is 5.02 Å². The SMILES string of the molecule is CCOc1nc(C(C)(C)C)ncc1C1=N[C@@](C)(C2C=CC(Cl)=CC2)[C@@](C)(c2ccc(Cl)cc2)N1C(=O)N1CCCCC1. The second kappa shape index (κ2) is 11.6. The molecular weight excluding hydrogens is 569 g/mol. The van der Waals surface area contributed by atoms with E-state index in [2.05, 4.69) is 40.7 Å². The van der Waals surface area contributed by atoms with Gasteiger partial charge in [0, 0.05) is 40.7 Å². The van der Waals surface area contributed by atoms with Crippen LogP contribution in [0.25, 0.3) is 0 Å². The minimum Gasteiger partial charge on any atom is -0.477 e. The molecule has 0 saturated carbocycles. The van der Waals surface area contributed by atoms with E-state index < -0.39 is 11.1 Å². The van der Waals surface area contributed by atoms with Crippen LogP contribution < -0.4 is 4.74 Å². The molecule has 7 nitrogen and oxygen atoms in total. The number of halogens is 2. The number of piperidine rings is 1. The Morgan fingerprint density at radius 1 is 1.10 bits per heavy atom. The Kier molecular flexibility index (Phi) is 8.47. The van der Waals surface area contributed by atoms with E-state index in [0.29, 0.717) is 59.3 Å². The van der Waals surface area contributed by atoms with Crippen molar-refractivity contribution < 1.29 is 9.53 Å². The van der Waals surface area contributed by atoms with Gasteiger partial charge in [-0.05, 0) is 70.2 Å². The number of ether oxygens (including phenoxy) is 1. The van der Waals surface area contributed by atoms with Gasteiger partial charge in [-0.1, -0.05) is 68.3 Å². The zero-order valence-electron chi connectivity index (χ0n) is 25.5. The second-order valence-corrected chi connectivity index (χ2v) is 13.6. The lowest BCUT2D eigenvalue weighted by Gasteiger charge is -2.49. The quantitative estimate of drug-likeness (QED) is 0.346. The van der Waals surface area contributed by atoms with Crippen LogP contribution in [-0.2, 0) is 11.0 Å². The summed E-state index contributed by atoms with van der Waals surface area (Å²) in [7, 11) is 0. The summed E-state index contributed by atoms with van der Waals surface area (Å²) < 4.78 is 6.13. The van der Waals surface area contributed by atoms with E-state index in [9.17, 15) is 4.79 Å². The van der Waals surface area contributed by atoms with Gasteiger partial charge < -0.3 is 9.64 Å². The highest BCUT2D eigenvalue weighted by Crippen LogP contribution is 2.53. The molecule has 1 saturated heterocycles. The predicted molar refractivity (Wildman–Crippen MR) is 169 cm³/mol. The Hall–Kier alpha value is -2.90. The van der Waals surface area contributed by atoms with Crippen LogP contribution in [0.1, 0.15) is 84.2 Å². The molecule has 2 aromatic rings. The molecule has 3 aliphatic rings. The number of hydrogen-bond donors (Lipinski definition) is 0. The maximum atomic E-state index is 14.8. The molecule has 0 radical (unpaired) electrons. The van der Waals surface area contributed by atoms with E-state index in [-0.39, 0.29) is 17.4 Å². The Morgan fingerprint density at radius 2 is 1.79 bits per heavy atom. The average molecular weight is 611 g/mol. The highest BCUT2D eigenvalue weighted by molar-refractivity contribution is 6.31. The van der Waals surface area contributed by atoms with Gasteiger partial charge in [-0.2, -0.15) is 4.98 Å². The van der Waals surface area contributed by atoms with Gasteiger partial charge >= 0.3 is 6.03 Å². The summed E-state index contributed by atoms with van der Waals surface area (Å²) in [6.07, 6.45) is 11.6. The smallest absolute Gasteiger partial charge is 0.326 e. The number of allylic oxidation sites excluding steroid dienone is 3. The second-order valence-electron chi connectivity index (χ2n) is 12.7. The van der Waals surface area contributed by atoms with Crippen LogP contribution in [0.5, 0.6) is 5.88 Å². The van der Waals surface area contributed by atoms with E-state index in [4.69, 9.17) is 42.9 Å². The van der Waals surface area contributed by atoms with Gasteiger partial charge in [-0.25, -0.2) is 9.78 Å². The molecule has 224 valence electrons. The van der Waals surface area contributed by atoms with E-state index in [1.54, 1.807) is 6.20 Å². The van der Waals surface area contributed by atoms with Crippen molar-refractivity contribution in [2.24, 2.45) is 10.9 Å². The van der Waals surface area contributed by atoms with Crippen molar-refractivity contribution in [2.45, 2.75) is 83.7 Å². The number of carbonyl (C=O) groups excluding carboxylic acids is 1. The van der Waals surface area contributed by atoms with Gasteiger partial charge in [0.2, 0.25) is 5.88 Å². The number of rotatable bonds is 5. The Balaban J connectivity index is 1.77. The molecule has 3 heterocycles. The largest absolute Gasteiger partial charge is 0.477 e. The average Bonchev–Trinajstić information content (AvgIpc) is 3.21. The molecule has 1 unspecified atom stereocenters. The predicted octanol–water partition coefficient (Wildman–Crippen LogP) is 7.87. The summed E-state index contributed by atoms with van der Waals surface area (Å²) in [5.41, 5.74) is -0.403. The molecule has 0 N–H and O–H groups in total. The third-order valence-corrected chi connectivity index (χ3v) is 9.46. The fraction of sp³-hybridized carbons (Fsp3) is 0.515. The Morgan fingerprint density at radius 3 is 2.38 bits per heavy atom. The molecule has 42 heavy (non-hydrogen) atoms. The van der Waals surface area contributed by atoms with Gasteiger partial charge in [0.25, 0.3) is 0 Å². The van der Waals surface area contributed by atoms with Gasteiger partial charge in [0.05, 0.1) is 23.2 Å². The van der Waals surface area contributed by atoms with Crippen LogP contribution in [-0.4, -0.2) is 56.9 Å². The minimum absolute atomic E-state index is 0.0415. The van der Waals surface area contributed by atoms with Crippen molar-refractivity contribution >= 4 is 35.1 Å². The van der Waals surface area contributed by atoms with E-state index in [1.165, 1.54) is 0 Å². The molecule has 2 amide bonds.